The Morgan fingerprint density at radius 2 is 2.14 bits per heavy atom. The molecule has 0 fully saturated rings. The number of rotatable bonds is 8. The highest BCUT2D eigenvalue weighted by Gasteiger charge is 2.11. The SMILES string of the molecule is CC(C)CCc1ccc(-c2n[nH]cc2CN(C)CCN)cn1. The minimum Gasteiger partial charge on any atom is -0.329 e. The van der Waals surface area contributed by atoms with Gasteiger partial charge in [0.2, 0.25) is 0 Å². The van der Waals surface area contributed by atoms with Gasteiger partial charge in [0.05, 0.1) is 5.69 Å². The molecule has 0 bridgehead atoms. The summed E-state index contributed by atoms with van der Waals surface area (Å²) < 4.78 is 0. The highest BCUT2D eigenvalue weighted by molar-refractivity contribution is 5.61. The van der Waals surface area contributed by atoms with Gasteiger partial charge in [0, 0.05) is 48.8 Å². The Morgan fingerprint density at radius 1 is 1.32 bits per heavy atom. The summed E-state index contributed by atoms with van der Waals surface area (Å²) in [5, 5.41) is 7.34. The van der Waals surface area contributed by atoms with Crippen LogP contribution in [0.25, 0.3) is 11.3 Å². The molecular weight excluding hydrogens is 274 g/mol. The molecule has 5 nitrogen and oxygen atoms in total. The molecule has 0 radical (unpaired) electrons. The number of pyridine rings is 1. The summed E-state index contributed by atoms with van der Waals surface area (Å²) in [6.45, 7) is 6.84. The number of aromatic amines is 1. The number of H-pyrrole nitrogens is 1. The van der Waals surface area contributed by atoms with Gasteiger partial charge in [0.25, 0.3) is 0 Å². The number of hydrogen-bond donors (Lipinski definition) is 2. The van der Waals surface area contributed by atoms with Gasteiger partial charge in [-0.05, 0) is 37.9 Å². The summed E-state index contributed by atoms with van der Waals surface area (Å²) in [4.78, 5) is 6.77. The third-order valence-electron chi connectivity index (χ3n) is 3.75. The van der Waals surface area contributed by atoms with Gasteiger partial charge >= 0.3 is 0 Å². The van der Waals surface area contributed by atoms with Crippen LogP contribution in [0.3, 0.4) is 0 Å². The van der Waals surface area contributed by atoms with Crippen LogP contribution in [0.2, 0.25) is 0 Å². The van der Waals surface area contributed by atoms with E-state index in [4.69, 9.17) is 5.73 Å². The van der Waals surface area contributed by atoms with Crippen LogP contribution in [0, 0.1) is 5.92 Å². The maximum atomic E-state index is 5.60. The topological polar surface area (TPSA) is 70.8 Å². The summed E-state index contributed by atoms with van der Waals surface area (Å²) in [6, 6.07) is 4.23. The Hall–Kier alpha value is -1.72. The molecule has 5 heteroatoms. The van der Waals surface area contributed by atoms with Crippen molar-refractivity contribution in [2.45, 2.75) is 33.2 Å². The van der Waals surface area contributed by atoms with Gasteiger partial charge in [-0.1, -0.05) is 13.8 Å². The standard InChI is InChI=1S/C17H27N5/c1-13(2)4-6-16-7-5-14(10-19-16)17-15(11-20-21-17)12-22(3)9-8-18/h5,7,10-11,13H,4,6,8-9,12,18H2,1-3H3,(H,20,21). The number of aromatic nitrogens is 3. The molecule has 0 amide bonds. The van der Waals surface area contributed by atoms with Crippen molar-refractivity contribution in [3.63, 3.8) is 0 Å². The number of hydrogen-bond acceptors (Lipinski definition) is 4. The van der Waals surface area contributed by atoms with E-state index in [1.165, 1.54) is 12.0 Å². The summed E-state index contributed by atoms with van der Waals surface area (Å²) >= 11 is 0. The molecular formula is C17H27N5. The number of likely N-dealkylation sites (N-methyl/N-ethyl adjacent to an activating group) is 1. The predicted molar refractivity (Wildman–Crippen MR) is 90.4 cm³/mol. The zero-order valence-electron chi connectivity index (χ0n) is 13.8. The first-order valence-corrected chi connectivity index (χ1v) is 7.96. The number of nitrogens with zero attached hydrogens (tertiary/aromatic N) is 3. The van der Waals surface area contributed by atoms with Gasteiger partial charge in [0.15, 0.2) is 0 Å². The van der Waals surface area contributed by atoms with Crippen LogP contribution in [-0.4, -0.2) is 40.2 Å². The predicted octanol–water partition coefficient (Wildman–Crippen LogP) is 2.45. The van der Waals surface area contributed by atoms with E-state index in [1.807, 2.05) is 12.4 Å². The van der Waals surface area contributed by atoms with Crippen molar-refractivity contribution in [2.24, 2.45) is 11.7 Å². The summed E-state index contributed by atoms with van der Waals surface area (Å²) in [5.41, 5.74) is 9.96. The van der Waals surface area contributed by atoms with Gasteiger partial charge in [-0.2, -0.15) is 5.10 Å². The molecule has 120 valence electrons. The maximum Gasteiger partial charge on any atom is 0.0981 e. The van der Waals surface area contributed by atoms with Crippen molar-refractivity contribution in [3.8, 4) is 11.3 Å². The third-order valence-corrected chi connectivity index (χ3v) is 3.75. The molecule has 2 heterocycles. The molecule has 0 aliphatic heterocycles. The molecule has 22 heavy (non-hydrogen) atoms. The Labute approximate surface area is 132 Å². The van der Waals surface area contributed by atoms with Gasteiger partial charge in [-0.25, -0.2) is 0 Å². The van der Waals surface area contributed by atoms with E-state index in [1.54, 1.807) is 0 Å². The van der Waals surface area contributed by atoms with Crippen molar-refractivity contribution in [1.29, 1.82) is 0 Å². The average Bonchev–Trinajstić information content (AvgIpc) is 2.94. The van der Waals surface area contributed by atoms with E-state index in [2.05, 4.69) is 53.1 Å². The van der Waals surface area contributed by atoms with Gasteiger partial charge in [-0.3, -0.25) is 10.1 Å². The lowest BCUT2D eigenvalue weighted by Gasteiger charge is -2.15. The third kappa shape index (κ3) is 4.64. The Bertz CT molecular complexity index is 559. The fourth-order valence-electron chi connectivity index (χ4n) is 2.42. The fraction of sp³-hybridized carbons (Fsp3) is 0.529. The first-order valence-electron chi connectivity index (χ1n) is 7.96. The van der Waals surface area contributed by atoms with Crippen LogP contribution >= 0.6 is 0 Å². The summed E-state index contributed by atoms with van der Waals surface area (Å²) in [7, 11) is 2.07. The van der Waals surface area contributed by atoms with Crippen molar-refractivity contribution in [3.05, 3.63) is 35.8 Å². The quantitative estimate of drug-likeness (QED) is 0.785. The zero-order chi connectivity index (χ0) is 15.9. The molecule has 0 spiro atoms. The summed E-state index contributed by atoms with van der Waals surface area (Å²) in [5.74, 6) is 0.706. The monoisotopic (exact) mass is 301 g/mol. The van der Waals surface area contributed by atoms with Gasteiger partial charge < -0.3 is 10.6 Å². The van der Waals surface area contributed by atoms with Crippen LogP contribution in [0.1, 0.15) is 31.5 Å². The van der Waals surface area contributed by atoms with Gasteiger partial charge in [0.1, 0.15) is 0 Å². The van der Waals surface area contributed by atoms with Crippen molar-refractivity contribution in [2.75, 3.05) is 20.1 Å². The molecule has 2 aromatic rings. The number of nitrogens with one attached hydrogen (secondary N) is 1. The van der Waals surface area contributed by atoms with Crippen LogP contribution in [0.15, 0.2) is 24.5 Å². The maximum absolute atomic E-state index is 5.60. The largest absolute Gasteiger partial charge is 0.329 e. The van der Waals surface area contributed by atoms with E-state index in [9.17, 15) is 0 Å². The smallest absolute Gasteiger partial charge is 0.0981 e. The van der Waals surface area contributed by atoms with Crippen molar-refractivity contribution < 1.29 is 0 Å². The van der Waals surface area contributed by atoms with E-state index < -0.39 is 0 Å². The van der Waals surface area contributed by atoms with E-state index in [-0.39, 0.29) is 0 Å². The number of aryl methyl sites for hydroxylation is 1. The lowest BCUT2D eigenvalue weighted by atomic mass is 10.0. The second-order valence-electron chi connectivity index (χ2n) is 6.26. The minimum absolute atomic E-state index is 0.662. The van der Waals surface area contributed by atoms with Crippen LogP contribution in [0.4, 0.5) is 0 Å². The first-order chi connectivity index (χ1) is 10.6. The summed E-state index contributed by atoms with van der Waals surface area (Å²) in [6.07, 6.45) is 6.09. The molecule has 0 saturated carbocycles. The highest BCUT2D eigenvalue weighted by Crippen LogP contribution is 2.22. The van der Waals surface area contributed by atoms with E-state index >= 15 is 0 Å². The zero-order valence-corrected chi connectivity index (χ0v) is 13.8. The first kappa shape index (κ1) is 16.6. The lowest BCUT2D eigenvalue weighted by molar-refractivity contribution is 0.337. The molecule has 2 rings (SSSR count). The normalized spacial score (nSPS) is 11.5. The molecule has 0 aromatic carbocycles. The van der Waals surface area contributed by atoms with E-state index in [0.29, 0.717) is 12.5 Å². The minimum atomic E-state index is 0.662. The lowest BCUT2D eigenvalue weighted by Crippen LogP contribution is -2.25. The molecule has 3 N–H and O–H groups in total. The molecule has 0 saturated heterocycles. The van der Waals surface area contributed by atoms with Crippen molar-refractivity contribution in [1.82, 2.24) is 20.1 Å². The van der Waals surface area contributed by atoms with Crippen LogP contribution < -0.4 is 5.73 Å². The molecule has 0 aliphatic rings. The average molecular weight is 301 g/mol. The second-order valence-corrected chi connectivity index (χ2v) is 6.26. The Morgan fingerprint density at radius 3 is 2.77 bits per heavy atom. The second kappa shape index (κ2) is 8.06. The van der Waals surface area contributed by atoms with Crippen LogP contribution in [0.5, 0.6) is 0 Å². The Kier molecular flexibility index (Phi) is 6.10. The number of nitrogens with two attached hydrogens (primary N) is 1. The highest BCUT2D eigenvalue weighted by atomic mass is 15.1. The van der Waals surface area contributed by atoms with Crippen LogP contribution in [-0.2, 0) is 13.0 Å². The van der Waals surface area contributed by atoms with Gasteiger partial charge in [-0.15, -0.1) is 0 Å². The molecule has 0 unspecified atom stereocenters. The Balaban J connectivity index is 2.07. The molecule has 2 aromatic heterocycles. The van der Waals surface area contributed by atoms with Crippen molar-refractivity contribution >= 4 is 0 Å². The molecule has 0 aliphatic carbocycles. The van der Waals surface area contributed by atoms with E-state index in [0.717, 1.165) is 36.5 Å². The molecule has 0 atom stereocenters. The fourth-order valence-corrected chi connectivity index (χ4v) is 2.42.